The summed E-state index contributed by atoms with van der Waals surface area (Å²) in [6, 6.07) is 0. The summed E-state index contributed by atoms with van der Waals surface area (Å²) in [5.41, 5.74) is -6.88. The van der Waals surface area contributed by atoms with E-state index in [-0.39, 0.29) is 53.1 Å². The van der Waals surface area contributed by atoms with Crippen LogP contribution in [0.1, 0.15) is 138 Å². The first-order chi connectivity index (χ1) is 29.9. The smallest absolute Gasteiger partial charge is 0.344 e. The molecule has 346 valence electrons. The number of carbonyl (C=O) groups excluding carboxylic acids is 7. The highest BCUT2D eigenvalue weighted by Gasteiger charge is 2.81. The maximum Gasteiger partial charge on any atom is 0.344 e. The summed E-state index contributed by atoms with van der Waals surface area (Å²) in [4.78, 5) is 86.3. The second kappa shape index (κ2) is 17.2. The lowest BCUT2D eigenvalue weighted by Gasteiger charge is -2.54. The van der Waals surface area contributed by atoms with Gasteiger partial charge in [0.05, 0.1) is 30.0 Å². The predicted octanol–water partition coefficient (Wildman–Crippen LogP) is 4.12. The van der Waals surface area contributed by atoms with Crippen LogP contribution < -0.4 is 16.0 Å². The Bertz CT molecular complexity index is 1890. The van der Waals surface area contributed by atoms with Crippen molar-refractivity contribution in [2.24, 2.45) is 35.5 Å². The minimum atomic E-state index is -1.46. The molecule has 9 aliphatic rings. The maximum atomic E-state index is 12.9. The molecule has 63 heavy (non-hydrogen) atoms. The molecule has 0 unspecified atom stereocenters. The molecule has 0 aromatic carbocycles. The standard InChI is InChI=1S/2C16H23NO4.C16H21NO4/c3*1-3-7-11-13(19)17-16(14(20)21-15(11,16)2)12(18)10-8-5-4-6-9-10/h2*5,8,10-12,18H,3-4,6-7,9H2,1-2H3,(H,17,19);5,8,10-11H,3-4,6-7,9H2,1-2H3,(H,17,19)/t10-,11+,12+,15+,16+;10-,11+,12-,15+,16+;10-,11+,15+,16+/m111/s1. The quantitative estimate of drug-likeness (QED) is 0.0809. The Morgan fingerprint density at radius 2 is 0.968 bits per heavy atom. The molecule has 5 N–H and O–H groups in total. The molecule has 0 radical (unpaired) electrons. The van der Waals surface area contributed by atoms with Gasteiger partial charge < -0.3 is 40.4 Å². The predicted molar refractivity (Wildman–Crippen MR) is 228 cm³/mol. The van der Waals surface area contributed by atoms with Crippen LogP contribution >= 0.6 is 0 Å². The van der Waals surface area contributed by atoms with Gasteiger partial charge >= 0.3 is 17.9 Å². The summed E-state index contributed by atoms with van der Waals surface area (Å²) >= 11 is 0. The third-order valence-electron chi connectivity index (χ3n) is 16.0. The molecule has 0 aromatic rings. The fourth-order valence-electron chi connectivity index (χ4n) is 12.3. The highest BCUT2D eigenvalue weighted by atomic mass is 16.6. The Hall–Kier alpha value is -4.37. The number of allylic oxidation sites excluding steroid dienone is 4. The summed E-state index contributed by atoms with van der Waals surface area (Å²) in [6.07, 6.45) is 22.7. The van der Waals surface area contributed by atoms with Gasteiger partial charge in [-0.3, -0.25) is 19.2 Å². The molecule has 3 amide bonds. The number of ether oxygens (including phenoxy) is 3. The molecular formula is C48H67N3O12. The van der Waals surface area contributed by atoms with Crippen LogP contribution in [0.25, 0.3) is 0 Å². The van der Waals surface area contributed by atoms with E-state index in [1.165, 1.54) is 0 Å². The third kappa shape index (κ3) is 6.66. The van der Waals surface area contributed by atoms with Crippen molar-refractivity contribution in [2.75, 3.05) is 0 Å². The Labute approximate surface area is 369 Å². The Kier molecular flexibility index (Phi) is 12.7. The number of nitrogens with one attached hydrogen (secondary N) is 3. The highest BCUT2D eigenvalue weighted by molar-refractivity contribution is 6.20. The molecular weight excluding hydrogens is 811 g/mol. The SMILES string of the molecule is CCC[C@H]1C(=O)N[C@@]2(C(=O)[C@@H]3C=CCCC3)C(=O)O[C@@]12C.CCC[C@H]1C(=O)N[C@@]2([C@@H](O)[C@@H]3C=CCCC3)C(=O)O[C@@]12C.CCC[C@H]1C(=O)N[C@@]2([C@H](O)[C@@H]3C=CCCC3)C(=O)O[C@@]12C. The number of esters is 3. The molecule has 6 heterocycles. The number of rotatable bonds is 12. The fraction of sp³-hybridized carbons (Fsp3) is 0.729. The number of fused-ring (bicyclic) bond motifs is 3. The lowest BCUT2D eigenvalue weighted by atomic mass is 9.64. The normalized spacial score (nSPS) is 42.2. The molecule has 15 nitrogen and oxygen atoms in total. The van der Waals surface area contributed by atoms with Gasteiger partial charge in [0.15, 0.2) is 22.6 Å². The van der Waals surface area contributed by atoms with E-state index >= 15 is 0 Å². The number of ketones is 1. The van der Waals surface area contributed by atoms with Crippen molar-refractivity contribution in [2.45, 2.75) is 183 Å². The molecule has 0 saturated carbocycles. The van der Waals surface area contributed by atoms with Crippen LogP contribution in [-0.4, -0.2) is 97.3 Å². The molecule has 14 atom stereocenters. The van der Waals surface area contributed by atoms with Gasteiger partial charge in [0.1, 0.15) is 0 Å². The van der Waals surface area contributed by atoms with Crippen LogP contribution in [0.4, 0.5) is 0 Å². The summed E-state index contributed by atoms with van der Waals surface area (Å²) in [6.45, 7) is 11.2. The molecule has 6 aliphatic heterocycles. The van der Waals surface area contributed by atoms with Gasteiger partial charge in [-0.25, -0.2) is 14.4 Å². The number of hydrogen-bond acceptors (Lipinski definition) is 12. The molecule has 9 rings (SSSR count). The van der Waals surface area contributed by atoms with Gasteiger partial charge in [0.25, 0.3) is 0 Å². The topological polar surface area (TPSA) is 224 Å². The van der Waals surface area contributed by atoms with E-state index in [0.717, 1.165) is 77.0 Å². The minimum Gasteiger partial charge on any atom is -0.453 e. The van der Waals surface area contributed by atoms with Crippen molar-refractivity contribution in [3.8, 4) is 0 Å². The molecule has 0 bridgehead atoms. The average molecular weight is 878 g/mol. The van der Waals surface area contributed by atoms with Crippen LogP contribution in [0.2, 0.25) is 0 Å². The van der Waals surface area contributed by atoms with Gasteiger partial charge in [-0.1, -0.05) is 76.5 Å². The largest absolute Gasteiger partial charge is 0.453 e. The van der Waals surface area contributed by atoms with Crippen molar-refractivity contribution < 1.29 is 58.0 Å². The number of amides is 3. The van der Waals surface area contributed by atoms with Crippen molar-refractivity contribution >= 4 is 41.4 Å². The van der Waals surface area contributed by atoms with Gasteiger partial charge in [0, 0.05) is 17.8 Å². The summed E-state index contributed by atoms with van der Waals surface area (Å²) < 4.78 is 16.1. The molecule has 0 spiro atoms. The number of hydrogen-bond donors (Lipinski definition) is 5. The summed E-state index contributed by atoms with van der Waals surface area (Å²) in [5, 5.41) is 29.9. The zero-order valence-corrected chi connectivity index (χ0v) is 37.7. The Balaban J connectivity index is 0.000000142. The molecule has 0 aromatic heterocycles. The van der Waals surface area contributed by atoms with E-state index in [2.05, 4.69) is 16.0 Å². The fourth-order valence-corrected chi connectivity index (χ4v) is 12.3. The van der Waals surface area contributed by atoms with Crippen LogP contribution in [0, 0.1) is 35.5 Å². The van der Waals surface area contributed by atoms with Gasteiger partial charge in [-0.05, 0) is 97.8 Å². The Morgan fingerprint density at radius 1 is 0.587 bits per heavy atom. The first kappa shape index (κ1) is 46.6. The Morgan fingerprint density at radius 3 is 1.32 bits per heavy atom. The van der Waals surface area contributed by atoms with Crippen LogP contribution in [-0.2, 0) is 47.8 Å². The van der Waals surface area contributed by atoms with Crippen molar-refractivity contribution in [1.29, 1.82) is 0 Å². The lowest BCUT2D eigenvalue weighted by Crippen LogP contribution is -2.80. The second-order valence-electron chi connectivity index (χ2n) is 19.6. The number of aliphatic hydroxyl groups is 2. The lowest BCUT2D eigenvalue weighted by molar-refractivity contribution is -0.239. The van der Waals surface area contributed by atoms with E-state index in [0.29, 0.717) is 19.3 Å². The molecule has 6 fully saturated rings. The average Bonchev–Trinajstić information content (AvgIpc) is 3.66. The monoisotopic (exact) mass is 877 g/mol. The first-order valence-corrected chi connectivity index (χ1v) is 23.5. The zero-order valence-electron chi connectivity index (χ0n) is 37.7. The van der Waals surface area contributed by atoms with Crippen molar-refractivity contribution in [3.05, 3.63) is 36.5 Å². The third-order valence-corrected chi connectivity index (χ3v) is 16.0. The minimum absolute atomic E-state index is 0.105. The van der Waals surface area contributed by atoms with E-state index in [4.69, 9.17) is 14.2 Å². The van der Waals surface area contributed by atoms with E-state index < -0.39 is 69.5 Å². The first-order valence-electron chi connectivity index (χ1n) is 23.5. The van der Waals surface area contributed by atoms with Gasteiger partial charge in [-0.2, -0.15) is 0 Å². The summed E-state index contributed by atoms with van der Waals surface area (Å²) in [7, 11) is 0. The maximum absolute atomic E-state index is 12.9. The van der Waals surface area contributed by atoms with Gasteiger partial charge in [-0.15, -0.1) is 0 Å². The summed E-state index contributed by atoms with van der Waals surface area (Å²) in [5.74, 6) is -4.07. The van der Waals surface area contributed by atoms with Gasteiger partial charge in [0.2, 0.25) is 34.3 Å². The van der Waals surface area contributed by atoms with Crippen LogP contribution in [0.15, 0.2) is 36.5 Å². The van der Waals surface area contributed by atoms with E-state index in [9.17, 15) is 43.8 Å². The van der Waals surface area contributed by atoms with Crippen LogP contribution in [0.5, 0.6) is 0 Å². The molecule has 3 aliphatic carbocycles. The second-order valence-corrected chi connectivity index (χ2v) is 19.6. The van der Waals surface area contributed by atoms with Crippen LogP contribution in [0.3, 0.4) is 0 Å². The number of aliphatic hydroxyl groups excluding tert-OH is 2. The van der Waals surface area contributed by atoms with Crippen molar-refractivity contribution in [3.63, 3.8) is 0 Å². The number of carbonyl (C=O) groups is 7. The molecule has 6 saturated heterocycles. The zero-order chi connectivity index (χ0) is 45.8. The number of Topliss-reactive ketones (excluding diaryl/α,β-unsaturated/α-hetero) is 1. The highest BCUT2D eigenvalue weighted by Crippen LogP contribution is 2.56. The van der Waals surface area contributed by atoms with E-state index in [1.807, 2.05) is 57.2 Å². The van der Waals surface area contributed by atoms with Crippen molar-refractivity contribution in [1.82, 2.24) is 16.0 Å². The molecule has 15 heteroatoms. The van der Waals surface area contributed by atoms with E-state index in [1.54, 1.807) is 20.8 Å².